The predicted octanol–water partition coefficient (Wildman–Crippen LogP) is 4.43. The van der Waals surface area contributed by atoms with E-state index in [0.717, 1.165) is 62.0 Å². The first kappa shape index (κ1) is 26.3. The molecule has 1 aliphatic heterocycles. The predicted molar refractivity (Wildman–Crippen MR) is 126 cm³/mol. The number of hydrogen-bond donors (Lipinski definition) is 1. The molecule has 1 saturated heterocycles. The van der Waals surface area contributed by atoms with E-state index in [0.29, 0.717) is 10.4 Å². The minimum absolute atomic E-state index is 0.175. The van der Waals surface area contributed by atoms with Gasteiger partial charge in [0.05, 0.1) is 22.5 Å². The Hall–Kier alpha value is -2.30. The molecule has 0 aromatic heterocycles. The zero-order valence-corrected chi connectivity index (χ0v) is 20.3. The van der Waals surface area contributed by atoms with E-state index < -0.39 is 39.2 Å². The van der Waals surface area contributed by atoms with E-state index in [-0.39, 0.29) is 12.2 Å². The number of alkyl halides is 3. The molecule has 0 spiro atoms. The van der Waals surface area contributed by atoms with Crippen LogP contribution in [-0.4, -0.2) is 45.1 Å². The summed E-state index contributed by atoms with van der Waals surface area (Å²) in [5.41, 5.74) is 0.502. The lowest BCUT2D eigenvalue weighted by atomic mass is 10.0. The van der Waals surface area contributed by atoms with Crippen molar-refractivity contribution in [2.24, 2.45) is 0 Å². The van der Waals surface area contributed by atoms with Gasteiger partial charge >= 0.3 is 6.18 Å². The smallest absolute Gasteiger partial charge is 0.350 e. The van der Waals surface area contributed by atoms with Crippen molar-refractivity contribution < 1.29 is 26.4 Å². The van der Waals surface area contributed by atoms with Crippen molar-refractivity contribution in [1.29, 1.82) is 0 Å². The molecule has 1 aliphatic rings. The molecule has 1 fully saturated rings. The normalized spacial score (nSPS) is 15.2. The molecule has 11 heteroatoms. The molecule has 1 amide bonds. The number of halogens is 4. The fourth-order valence-corrected chi connectivity index (χ4v) is 4.98. The highest BCUT2D eigenvalue weighted by Crippen LogP contribution is 2.37. The standard InChI is InChI=1S/C23H27ClF3N3O3S/c1-34(32,33)30(19-9-10-21(24)20(13-19)23(25,26)27)16-22(31)28-14-17-7-3-4-8-18(17)15-29-11-5-2-6-12-29/h3-4,7-10,13H,2,5-6,11-12,14-16H2,1H3,(H,28,31). The minimum Gasteiger partial charge on any atom is -0.350 e. The Bertz CT molecular complexity index is 1120. The highest BCUT2D eigenvalue weighted by atomic mass is 35.5. The van der Waals surface area contributed by atoms with Crippen molar-refractivity contribution in [3.05, 3.63) is 64.2 Å². The average Bonchev–Trinajstić information content (AvgIpc) is 2.76. The lowest BCUT2D eigenvalue weighted by Gasteiger charge is -2.27. The minimum atomic E-state index is -4.77. The number of anilines is 1. The maximum Gasteiger partial charge on any atom is 0.417 e. The van der Waals surface area contributed by atoms with Crippen LogP contribution in [0.4, 0.5) is 18.9 Å². The Morgan fingerprint density at radius 1 is 1.09 bits per heavy atom. The van der Waals surface area contributed by atoms with E-state index in [1.165, 1.54) is 6.42 Å². The van der Waals surface area contributed by atoms with E-state index in [4.69, 9.17) is 11.6 Å². The summed E-state index contributed by atoms with van der Waals surface area (Å²) < 4.78 is 64.9. The van der Waals surface area contributed by atoms with Crippen LogP contribution >= 0.6 is 11.6 Å². The molecule has 1 N–H and O–H groups in total. The summed E-state index contributed by atoms with van der Waals surface area (Å²) in [6.45, 7) is 2.31. The molecular formula is C23H27ClF3N3O3S. The first-order valence-electron chi connectivity index (χ1n) is 10.9. The highest BCUT2D eigenvalue weighted by molar-refractivity contribution is 7.92. The number of benzene rings is 2. The number of nitrogens with zero attached hydrogens (tertiary/aromatic N) is 2. The number of nitrogens with one attached hydrogen (secondary N) is 1. The van der Waals surface area contributed by atoms with Crippen LogP contribution in [0.1, 0.15) is 36.0 Å². The number of rotatable bonds is 8. The summed E-state index contributed by atoms with van der Waals surface area (Å²) in [4.78, 5) is 15.0. The quantitative estimate of drug-likeness (QED) is 0.562. The molecule has 0 aliphatic carbocycles. The van der Waals surface area contributed by atoms with E-state index in [1.807, 2.05) is 24.3 Å². The molecule has 2 aromatic carbocycles. The van der Waals surface area contributed by atoms with Crippen LogP contribution in [0, 0.1) is 0 Å². The van der Waals surface area contributed by atoms with Crippen LogP contribution in [0.3, 0.4) is 0 Å². The molecule has 3 rings (SSSR count). The average molecular weight is 518 g/mol. The zero-order valence-electron chi connectivity index (χ0n) is 18.7. The van der Waals surface area contributed by atoms with Crippen molar-refractivity contribution in [3.63, 3.8) is 0 Å². The Morgan fingerprint density at radius 3 is 2.35 bits per heavy atom. The first-order chi connectivity index (χ1) is 15.9. The lowest BCUT2D eigenvalue weighted by Crippen LogP contribution is -2.40. The molecule has 0 atom stereocenters. The van der Waals surface area contributed by atoms with Gasteiger partial charge in [0.25, 0.3) is 0 Å². The third-order valence-corrected chi connectivity index (χ3v) is 7.14. The van der Waals surface area contributed by atoms with E-state index in [1.54, 1.807) is 0 Å². The lowest BCUT2D eigenvalue weighted by molar-refractivity contribution is -0.137. The Kier molecular flexibility index (Phi) is 8.48. The summed E-state index contributed by atoms with van der Waals surface area (Å²) >= 11 is 5.64. The molecule has 34 heavy (non-hydrogen) atoms. The first-order valence-corrected chi connectivity index (χ1v) is 13.1. The van der Waals surface area contributed by atoms with Gasteiger partial charge in [-0.2, -0.15) is 13.2 Å². The molecular weight excluding hydrogens is 491 g/mol. The summed E-state index contributed by atoms with van der Waals surface area (Å²) in [6.07, 6.45) is -0.405. The topological polar surface area (TPSA) is 69.7 Å². The second-order valence-corrected chi connectivity index (χ2v) is 10.6. The van der Waals surface area contributed by atoms with Crippen molar-refractivity contribution in [1.82, 2.24) is 10.2 Å². The van der Waals surface area contributed by atoms with Crippen LogP contribution in [0.2, 0.25) is 5.02 Å². The number of piperidine rings is 1. The Morgan fingerprint density at radius 2 is 1.74 bits per heavy atom. The number of hydrogen-bond acceptors (Lipinski definition) is 4. The van der Waals surface area contributed by atoms with Gasteiger partial charge in [-0.15, -0.1) is 0 Å². The highest BCUT2D eigenvalue weighted by Gasteiger charge is 2.34. The SMILES string of the molecule is CS(=O)(=O)N(CC(=O)NCc1ccccc1CN1CCCCC1)c1ccc(Cl)c(C(F)(F)F)c1. The van der Waals surface area contributed by atoms with Gasteiger partial charge in [-0.25, -0.2) is 8.42 Å². The van der Waals surface area contributed by atoms with Crippen molar-refractivity contribution in [2.75, 3.05) is 30.2 Å². The molecule has 2 aromatic rings. The number of sulfonamides is 1. The maximum atomic E-state index is 13.2. The molecule has 0 unspecified atom stereocenters. The van der Waals surface area contributed by atoms with Gasteiger partial charge in [0.15, 0.2) is 0 Å². The summed E-state index contributed by atoms with van der Waals surface area (Å²) in [5.74, 6) is -0.637. The van der Waals surface area contributed by atoms with Crippen LogP contribution < -0.4 is 9.62 Å². The molecule has 1 heterocycles. The Balaban J connectivity index is 1.72. The number of likely N-dealkylation sites (tertiary alicyclic amines) is 1. The Labute approximate surface area is 202 Å². The summed E-state index contributed by atoms with van der Waals surface area (Å²) in [6, 6.07) is 10.4. The van der Waals surface area contributed by atoms with E-state index in [9.17, 15) is 26.4 Å². The second-order valence-electron chi connectivity index (χ2n) is 8.31. The van der Waals surface area contributed by atoms with Crippen LogP contribution in [0.25, 0.3) is 0 Å². The molecule has 6 nitrogen and oxygen atoms in total. The molecule has 0 saturated carbocycles. The largest absolute Gasteiger partial charge is 0.417 e. The fraction of sp³-hybridized carbons (Fsp3) is 0.435. The number of carbonyl (C=O) groups is 1. The molecule has 186 valence electrons. The summed E-state index contributed by atoms with van der Waals surface area (Å²) in [5, 5.41) is 2.14. The van der Waals surface area contributed by atoms with Gasteiger partial charge < -0.3 is 5.32 Å². The van der Waals surface area contributed by atoms with Crippen molar-refractivity contribution in [3.8, 4) is 0 Å². The maximum absolute atomic E-state index is 13.2. The monoisotopic (exact) mass is 517 g/mol. The van der Waals surface area contributed by atoms with Crippen LogP contribution in [-0.2, 0) is 34.1 Å². The second kappa shape index (κ2) is 11.0. The van der Waals surface area contributed by atoms with Gasteiger partial charge in [-0.05, 0) is 55.3 Å². The third-order valence-electron chi connectivity index (χ3n) is 5.67. The van der Waals surface area contributed by atoms with Gasteiger partial charge in [0.1, 0.15) is 6.54 Å². The van der Waals surface area contributed by atoms with Crippen LogP contribution in [0.15, 0.2) is 42.5 Å². The van der Waals surface area contributed by atoms with Crippen LogP contribution in [0.5, 0.6) is 0 Å². The van der Waals surface area contributed by atoms with Gasteiger partial charge in [-0.3, -0.25) is 14.0 Å². The van der Waals surface area contributed by atoms with Gasteiger partial charge in [0.2, 0.25) is 15.9 Å². The van der Waals surface area contributed by atoms with Gasteiger partial charge in [0, 0.05) is 13.1 Å². The third kappa shape index (κ3) is 7.10. The fourth-order valence-electron chi connectivity index (χ4n) is 3.91. The number of amides is 1. The van der Waals surface area contributed by atoms with Crippen molar-refractivity contribution in [2.45, 2.75) is 38.5 Å². The van der Waals surface area contributed by atoms with E-state index >= 15 is 0 Å². The van der Waals surface area contributed by atoms with Crippen molar-refractivity contribution >= 4 is 33.2 Å². The molecule has 0 bridgehead atoms. The van der Waals surface area contributed by atoms with Gasteiger partial charge in [-0.1, -0.05) is 42.3 Å². The summed E-state index contributed by atoms with van der Waals surface area (Å²) in [7, 11) is -4.04. The zero-order chi connectivity index (χ0) is 24.9. The molecule has 0 radical (unpaired) electrons. The van der Waals surface area contributed by atoms with E-state index in [2.05, 4.69) is 10.2 Å². The number of carbonyl (C=O) groups excluding carboxylic acids is 1.